The summed E-state index contributed by atoms with van der Waals surface area (Å²) in [4.78, 5) is 12.0. The maximum absolute atomic E-state index is 10.9. The number of primary amides is 1. The molecule has 1 unspecified atom stereocenters. The molecule has 0 aliphatic heterocycles. The summed E-state index contributed by atoms with van der Waals surface area (Å²) in [6.45, 7) is 1.32. The van der Waals surface area contributed by atoms with Crippen LogP contribution in [0.3, 0.4) is 0 Å². The minimum atomic E-state index is -0.406. The van der Waals surface area contributed by atoms with E-state index in [0.717, 1.165) is 4.88 Å². The highest BCUT2D eigenvalue weighted by Gasteiger charge is 2.09. The molecule has 0 aliphatic carbocycles. The number of nitrogens with one attached hydrogen (secondary N) is 1. The van der Waals surface area contributed by atoms with E-state index in [1.54, 1.807) is 18.6 Å². The van der Waals surface area contributed by atoms with Gasteiger partial charge in [-0.1, -0.05) is 0 Å². The van der Waals surface area contributed by atoms with E-state index in [4.69, 9.17) is 15.6 Å². The molecule has 0 fully saturated rings. The number of aliphatic hydroxyl groups is 1. The lowest BCUT2D eigenvalue weighted by Gasteiger charge is -2.15. The molecule has 0 radical (unpaired) electrons. The van der Waals surface area contributed by atoms with Crippen molar-refractivity contribution < 1.29 is 14.6 Å². The first-order chi connectivity index (χ1) is 8.17. The minimum Gasteiger partial charge on any atom is -0.396 e. The molecule has 1 rings (SSSR count). The number of aliphatic hydroxyl groups excluding tert-OH is 1. The van der Waals surface area contributed by atoms with Gasteiger partial charge in [-0.05, 0) is 12.5 Å². The fourth-order valence-electron chi connectivity index (χ4n) is 1.45. The third-order valence-corrected chi connectivity index (χ3v) is 3.29. The Morgan fingerprint density at radius 1 is 1.71 bits per heavy atom. The Balaban J connectivity index is 2.44. The first-order valence-electron chi connectivity index (χ1n) is 5.37. The zero-order valence-electron chi connectivity index (χ0n) is 9.81. The van der Waals surface area contributed by atoms with Crippen LogP contribution in [0, 0.1) is 0 Å². The van der Waals surface area contributed by atoms with E-state index in [-0.39, 0.29) is 12.6 Å². The van der Waals surface area contributed by atoms with Crippen LogP contribution < -0.4 is 11.1 Å². The van der Waals surface area contributed by atoms with Crippen LogP contribution in [0.1, 0.15) is 21.7 Å². The van der Waals surface area contributed by atoms with Crippen molar-refractivity contribution in [3.8, 4) is 0 Å². The number of hydrogen-bond acceptors (Lipinski definition) is 5. The van der Waals surface area contributed by atoms with E-state index >= 15 is 0 Å². The van der Waals surface area contributed by atoms with Gasteiger partial charge in [0.15, 0.2) is 0 Å². The van der Waals surface area contributed by atoms with E-state index in [0.29, 0.717) is 25.1 Å². The highest BCUT2D eigenvalue weighted by Crippen LogP contribution is 2.14. The van der Waals surface area contributed by atoms with Gasteiger partial charge < -0.3 is 20.9 Å². The molecule has 96 valence electrons. The number of rotatable bonds is 8. The highest BCUT2D eigenvalue weighted by molar-refractivity contribution is 7.10. The van der Waals surface area contributed by atoms with Gasteiger partial charge in [0.05, 0.1) is 12.2 Å². The lowest BCUT2D eigenvalue weighted by atomic mass is 10.2. The Labute approximate surface area is 105 Å². The Morgan fingerprint density at radius 3 is 3.00 bits per heavy atom. The van der Waals surface area contributed by atoms with Gasteiger partial charge in [0.2, 0.25) is 5.91 Å². The van der Waals surface area contributed by atoms with Crippen molar-refractivity contribution >= 4 is 17.2 Å². The third kappa shape index (κ3) is 4.82. The van der Waals surface area contributed by atoms with Crippen LogP contribution in [0.15, 0.2) is 11.4 Å². The van der Waals surface area contributed by atoms with E-state index < -0.39 is 5.91 Å². The van der Waals surface area contributed by atoms with Crippen molar-refractivity contribution in [2.24, 2.45) is 5.73 Å². The number of thiophene rings is 1. The molecule has 1 aromatic rings. The van der Waals surface area contributed by atoms with Gasteiger partial charge in [-0.3, -0.25) is 4.79 Å². The topological polar surface area (TPSA) is 84.6 Å². The largest absolute Gasteiger partial charge is 0.396 e. The molecule has 5 nitrogen and oxygen atoms in total. The predicted molar refractivity (Wildman–Crippen MR) is 67.0 cm³/mol. The second-order valence-electron chi connectivity index (χ2n) is 3.71. The number of carbonyl (C=O) groups is 1. The zero-order chi connectivity index (χ0) is 12.7. The van der Waals surface area contributed by atoms with Gasteiger partial charge >= 0.3 is 0 Å². The maximum atomic E-state index is 10.9. The Hall–Kier alpha value is -0.950. The van der Waals surface area contributed by atoms with Crippen LogP contribution in [0.5, 0.6) is 0 Å². The Morgan fingerprint density at radius 2 is 2.47 bits per heavy atom. The molecule has 0 aliphatic rings. The van der Waals surface area contributed by atoms with Gasteiger partial charge in [-0.15, -0.1) is 11.3 Å². The standard InChI is InChI=1S/C11H18N2O3S/c1-16-6-9(2-3-14)13-5-10-4-8(7-17-10)11(12)15/h4,7,9,13-14H,2-3,5-6H2,1H3,(H2,12,15). The third-order valence-electron chi connectivity index (χ3n) is 2.35. The minimum absolute atomic E-state index is 0.115. The molecular weight excluding hydrogens is 240 g/mol. The van der Waals surface area contributed by atoms with Crippen LogP contribution in [0.4, 0.5) is 0 Å². The first kappa shape index (κ1) is 14.1. The van der Waals surface area contributed by atoms with Crippen LogP contribution in [-0.2, 0) is 11.3 Å². The number of nitrogens with two attached hydrogens (primary N) is 1. The molecule has 0 aromatic carbocycles. The van der Waals surface area contributed by atoms with Crippen molar-refractivity contribution in [1.29, 1.82) is 0 Å². The van der Waals surface area contributed by atoms with Crippen molar-refractivity contribution in [2.45, 2.75) is 19.0 Å². The van der Waals surface area contributed by atoms with Crippen molar-refractivity contribution in [3.05, 3.63) is 21.9 Å². The summed E-state index contributed by atoms with van der Waals surface area (Å²) in [6, 6.07) is 1.90. The van der Waals surface area contributed by atoms with Crippen molar-refractivity contribution in [3.63, 3.8) is 0 Å². The van der Waals surface area contributed by atoms with Crippen LogP contribution in [0.25, 0.3) is 0 Å². The normalized spacial score (nSPS) is 12.6. The van der Waals surface area contributed by atoms with E-state index in [9.17, 15) is 4.79 Å². The Bertz CT molecular complexity index is 348. The summed E-state index contributed by atoms with van der Waals surface area (Å²) in [5.41, 5.74) is 5.71. The smallest absolute Gasteiger partial charge is 0.249 e. The fraction of sp³-hybridized carbons (Fsp3) is 0.545. The number of hydrogen-bond donors (Lipinski definition) is 3. The molecule has 1 heterocycles. The van der Waals surface area contributed by atoms with Crippen LogP contribution in [-0.4, -0.2) is 37.4 Å². The molecule has 4 N–H and O–H groups in total. The fourth-order valence-corrected chi connectivity index (χ4v) is 2.27. The van der Waals surface area contributed by atoms with Gasteiger partial charge in [0, 0.05) is 36.6 Å². The average Bonchev–Trinajstić information content (AvgIpc) is 2.75. The number of methoxy groups -OCH3 is 1. The van der Waals surface area contributed by atoms with Gasteiger partial charge in [0.1, 0.15) is 0 Å². The monoisotopic (exact) mass is 258 g/mol. The van der Waals surface area contributed by atoms with E-state index in [2.05, 4.69) is 5.32 Å². The summed E-state index contributed by atoms with van der Waals surface area (Å²) in [5.74, 6) is -0.406. The molecule has 1 aromatic heterocycles. The SMILES string of the molecule is COCC(CCO)NCc1cc(C(N)=O)cs1. The second kappa shape index (κ2) is 7.39. The molecule has 0 spiro atoms. The van der Waals surface area contributed by atoms with E-state index in [1.807, 2.05) is 0 Å². The average molecular weight is 258 g/mol. The number of amides is 1. The summed E-state index contributed by atoms with van der Waals surface area (Å²) < 4.78 is 5.04. The summed E-state index contributed by atoms with van der Waals surface area (Å²) >= 11 is 1.49. The number of carbonyl (C=O) groups excluding carboxylic acids is 1. The van der Waals surface area contributed by atoms with E-state index in [1.165, 1.54) is 11.3 Å². The predicted octanol–water partition coefficient (Wildman–Crippen LogP) is 0.334. The summed E-state index contributed by atoms with van der Waals surface area (Å²) in [7, 11) is 1.63. The number of ether oxygens (including phenoxy) is 1. The molecule has 0 bridgehead atoms. The molecule has 6 heteroatoms. The molecular formula is C11H18N2O3S. The maximum Gasteiger partial charge on any atom is 0.249 e. The van der Waals surface area contributed by atoms with Crippen molar-refractivity contribution in [1.82, 2.24) is 5.32 Å². The first-order valence-corrected chi connectivity index (χ1v) is 6.25. The molecule has 1 amide bonds. The van der Waals surface area contributed by atoms with Gasteiger partial charge in [0.25, 0.3) is 0 Å². The van der Waals surface area contributed by atoms with Crippen LogP contribution >= 0.6 is 11.3 Å². The van der Waals surface area contributed by atoms with Gasteiger partial charge in [-0.25, -0.2) is 0 Å². The van der Waals surface area contributed by atoms with Crippen LogP contribution in [0.2, 0.25) is 0 Å². The van der Waals surface area contributed by atoms with Gasteiger partial charge in [-0.2, -0.15) is 0 Å². The highest BCUT2D eigenvalue weighted by atomic mass is 32.1. The quantitative estimate of drug-likeness (QED) is 0.627. The zero-order valence-corrected chi connectivity index (χ0v) is 10.6. The molecule has 17 heavy (non-hydrogen) atoms. The molecule has 1 atom stereocenters. The Kier molecular flexibility index (Phi) is 6.13. The van der Waals surface area contributed by atoms with Crippen molar-refractivity contribution in [2.75, 3.05) is 20.3 Å². The lowest BCUT2D eigenvalue weighted by molar-refractivity contribution is 0.100. The summed E-state index contributed by atoms with van der Waals surface area (Å²) in [6.07, 6.45) is 0.641. The summed E-state index contributed by atoms with van der Waals surface area (Å²) in [5, 5.41) is 13.9. The molecule has 0 saturated carbocycles. The molecule has 0 saturated heterocycles. The second-order valence-corrected chi connectivity index (χ2v) is 4.71. The lowest BCUT2D eigenvalue weighted by Crippen LogP contribution is -2.33.